The zero-order valence-electron chi connectivity index (χ0n) is 8.75. The predicted molar refractivity (Wildman–Crippen MR) is 59.5 cm³/mol. The van der Waals surface area contributed by atoms with E-state index >= 15 is 0 Å². The average Bonchev–Trinajstić information content (AvgIpc) is 2.16. The predicted octanol–water partition coefficient (Wildman–Crippen LogP) is 1.03. The van der Waals surface area contributed by atoms with Gasteiger partial charge in [0.05, 0.1) is 6.10 Å². The van der Waals surface area contributed by atoms with Crippen LogP contribution in [0.5, 0.6) is 0 Å². The molecule has 0 spiro atoms. The monoisotopic (exact) mass is 194 g/mol. The summed E-state index contributed by atoms with van der Waals surface area (Å²) in [4.78, 5) is 0. The highest BCUT2D eigenvalue weighted by Crippen LogP contribution is 2.18. The van der Waals surface area contributed by atoms with Gasteiger partial charge in [0, 0.05) is 18.8 Å². The molecule has 0 fully saturated rings. The van der Waals surface area contributed by atoms with Crippen LogP contribution in [0.25, 0.3) is 0 Å². The summed E-state index contributed by atoms with van der Waals surface area (Å²) in [5, 5.41) is 12.5. The van der Waals surface area contributed by atoms with E-state index in [1.165, 1.54) is 11.1 Å². The van der Waals surface area contributed by atoms with Gasteiger partial charge < -0.3 is 16.2 Å². The standard InChI is InChI=1S/C11H18N2O/c1-8-4-3-5-9(2)11(8)13-7-10(14)6-12/h3-5,10,13-14H,6-7,12H2,1-2H3. The van der Waals surface area contributed by atoms with Gasteiger partial charge in [-0.25, -0.2) is 0 Å². The Hall–Kier alpha value is -1.06. The highest BCUT2D eigenvalue weighted by atomic mass is 16.3. The van der Waals surface area contributed by atoms with E-state index in [9.17, 15) is 5.11 Å². The highest BCUT2D eigenvalue weighted by molar-refractivity contribution is 5.56. The lowest BCUT2D eigenvalue weighted by Crippen LogP contribution is -2.28. The lowest BCUT2D eigenvalue weighted by Gasteiger charge is -2.14. The molecular weight excluding hydrogens is 176 g/mol. The van der Waals surface area contributed by atoms with Crippen LogP contribution in [-0.4, -0.2) is 24.3 Å². The van der Waals surface area contributed by atoms with Crippen LogP contribution in [0.1, 0.15) is 11.1 Å². The van der Waals surface area contributed by atoms with E-state index in [1.54, 1.807) is 0 Å². The van der Waals surface area contributed by atoms with Gasteiger partial charge in [0.25, 0.3) is 0 Å². The number of anilines is 1. The quantitative estimate of drug-likeness (QED) is 0.671. The third kappa shape index (κ3) is 2.72. The van der Waals surface area contributed by atoms with E-state index < -0.39 is 6.10 Å². The highest BCUT2D eigenvalue weighted by Gasteiger charge is 2.04. The maximum atomic E-state index is 9.31. The molecule has 78 valence electrons. The van der Waals surface area contributed by atoms with Gasteiger partial charge >= 0.3 is 0 Å². The largest absolute Gasteiger partial charge is 0.390 e. The van der Waals surface area contributed by atoms with Crippen LogP contribution in [0.15, 0.2) is 18.2 Å². The molecule has 0 aliphatic heterocycles. The number of rotatable bonds is 4. The fraction of sp³-hybridized carbons (Fsp3) is 0.455. The van der Waals surface area contributed by atoms with Crippen molar-refractivity contribution in [2.24, 2.45) is 5.73 Å². The van der Waals surface area contributed by atoms with Gasteiger partial charge in [0.15, 0.2) is 0 Å². The molecule has 0 saturated carbocycles. The first-order valence-corrected chi connectivity index (χ1v) is 4.83. The van der Waals surface area contributed by atoms with Gasteiger partial charge in [-0.3, -0.25) is 0 Å². The Kier molecular flexibility index (Phi) is 3.92. The van der Waals surface area contributed by atoms with Crippen LogP contribution in [0.3, 0.4) is 0 Å². The van der Waals surface area contributed by atoms with Gasteiger partial charge in [-0.05, 0) is 25.0 Å². The summed E-state index contributed by atoms with van der Waals surface area (Å²) in [5.41, 5.74) is 8.80. The molecule has 1 aromatic carbocycles. The lowest BCUT2D eigenvalue weighted by atomic mass is 10.1. The van der Waals surface area contributed by atoms with Crippen LogP contribution in [0.2, 0.25) is 0 Å². The Labute approximate surface area is 84.9 Å². The fourth-order valence-corrected chi connectivity index (χ4v) is 1.40. The summed E-state index contributed by atoms with van der Waals surface area (Å²) in [7, 11) is 0. The maximum Gasteiger partial charge on any atom is 0.0834 e. The number of aryl methyl sites for hydroxylation is 2. The Morgan fingerprint density at radius 2 is 1.93 bits per heavy atom. The second-order valence-electron chi connectivity index (χ2n) is 3.54. The number of hydrogen-bond acceptors (Lipinski definition) is 3. The molecule has 0 aromatic heterocycles. The first-order valence-electron chi connectivity index (χ1n) is 4.83. The second-order valence-corrected chi connectivity index (χ2v) is 3.54. The summed E-state index contributed by atoms with van der Waals surface area (Å²) in [6.07, 6.45) is -0.478. The summed E-state index contributed by atoms with van der Waals surface area (Å²) in [5.74, 6) is 0. The van der Waals surface area contributed by atoms with Gasteiger partial charge in [-0.2, -0.15) is 0 Å². The molecule has 3 heteroatoms. The first-order chi connectivity index (χ1) is 6.65. The molecule has 1 aromatic rings. The lowest BCUT2D eigenvalue weighted by molar-refractivity contribution is 0.196. The third-order valence-electron chi connectivity index (χ3n) is 2.27. The number of hydrogen-bond donors (Lipinski definition) is 3. The summed E-state index contributed by atoms with van der Waals surface area (Å²) < 4.78 is 0. The van der Waals surface area contributed by atoms with Crippen molar-refractivity contribution < 1.29 is 5.11 Å². The molecule has 0 heterocycles. The van der Waals surface area contributed by atoms with Crippen LogP contribution < -0.4 is 11.1 Å². The molecule has 0 saturated heterocycles. The van der Waals surface area contributed by atoms with E-state index in [1.807, 2.05) is 32.0 Å². The molecule has 0 radical (unpaired) electrons. The SMILES string of the molecule is Cc1cccc(C)c1NCC(O)CN. The molecule has 3 nitrogen and oxygen atoms in total. The summed E-state index contributed by atoms with van der Waals surface area (Å²) in [6.45, 7) is 4.88. The van der Waals surface area contributed by atoms with Gasteiger partial charge in [-0.1, -0.05) is 18.2 Å². The maximum absolute atomic E-state index is 9.31. The van der Waals surface area contributed by atoms with Crippen LogP contribution in [0.4, 0.5) is 5.69 Å². The Bertz CT molecular complexity index is 279. The van der Waals surface area contributed by atoms with Crippen molar-refractivity contribution in [3.05, 3.63) is 29.3 Å². The normalized spacial score (nSPS) is 12.6. The van der Waals surface area contributed by atoms with Crippen molar-refractivity contribution in [3.63, 3.8) is 0 Å². The molecule has 1 rings (SSSR count). The van der Waals surface area contributed by atoms with E-state index in [2.05, 4.69) is 5.32 Å². The first kappa shape index (κ1) is 11.0. The van der Waals surface area contributed by atoms with Crippen molar-refractivity contribution in [1.82, 2.24) is 0 Å². The van der Waals surface area contributed by atoms with Crippen LogP contribution in [-0.2, 0) is 0 Å². The van der Waals surface area contributed by atoms with E-state index in [0.717, 1.165) is 5.69 Å². The number of aliphatic hydroxyl groups is 1. The fourth-order valence-electron chi connectivity index (χ4n) is 1.40. The van der Waals surface area contributed by atoms with Gasteiger partial charge in [-0.15, -0.1) is 0 Å². The molecule has 1 unspecified atom stereocenters. The molecule has 14 heavy (non-hydrogen) atoms. The van der Waals surface area contributed by atoms with Gasteiger partial charge in [0.1, 0.15) is 0 Å². The topological polar surface area (TPSA) is 58.3 Å². The number of aliphatic hydroxyl groups excluding tert-OH is 1. The van der Waals surface area contributed by atoms with Crippen molar-refractivity contribution >= 4 is 5.69 Å². The van der Waals surface area contributed by atoms with E-state index in [-0.39, 0.29) is 6.54 Å². The number of benzene rings is 1. The van der Waals surface area contributed by atoms with Crippen LogP contribution >= 0.6 is 0 Å². The van der Waals surface area contributed by atoms with E-state index in [0.29, 0.717) is 6.54 Å². The third-order valence-corrected chi connectivity index (χ3v) is 2.27. The second kappa shape index (κ2) is 4.98. The zero-order valence-corrected chi connectivity index (χ0v) is 8.75. The Morgan fingerprint density at radius 1 is 1.36 bits per heavy atom. The molecule has 0 amide bonds. The summed E-state index contributed by atoms with van der Waals surface area (Å²) in [6, 6.07) is 6.11. The Morgan fingerprint density at radius 3 is 2.43 bits per heavy atom. The minimum absolute atomic E-state index is 0.290. The minimum atomic E-state index is -0.478. The minimum Gasteiger partial charge on any atom is -0.390 e. The Balaban J connectivity index is 2.66. The van der Waals surface area contributed by atoms with Crippen LogP contribution in [0, 0.1) is 13.8 Å². The van der Waals surface area contributed by atoms with Crippen molar-refractivity contribution in [1.29, 1.82) is 0 Å². The molecule has 0 aliphatic rings. The van der Waals surface area contributed by atoms with Crippen molar-refractivity contribution in [2.45, 2.75) is 20.0 Å². The molecule has 0 aliphatic carbocycles. The van der Waals surface area contributed by atoms with Gasteiger partial charge in [0.2, 0.25) is 0 Å². The molecule has 0 bridgehead atoms. The number of para-hydroxylation sites is 1. The number of nitrogens with one attached hydrogen (secondary N) is 1. The molecule has 1 atom stereocenters. The summed E-state index contributed by atoms with van der Waals surface area (Å²) >= 11 is 0. The molecule has 4 N–H and O–H groups in total. The average molecular weight is 194 g/mol. The smallest absolute Gasteiger partial charge is 0.0834 e. The zero-order chi connectivity index (χ0) is 10.6. The van der Waals surface area contributed by atoms with Crippen molar-refractivity contribution in [3.8, 4) is 0 Å². The number of nitrogens with two attached hydrogens (primary N) is 1. The molecular formula is C11H18N2O. The van der Waals surface area contributed by atoms with E-state index in [4.69, 9.17) is 5.73 Å². The van der Waals surface area contributed by atoms with Crippen molar-refractivity contribution in [2.75, 3.05) is 18.4 Å².